The zero-order chi connectivity index (χ0) is 20.7. The van der Waals surface area contributed by atoms with Gasteiger partial charge in [0.25, 0.3) is 0 Å². The van der Waals surface area contributed by atoms with Crippen LogP contribution in [-0.2, 0) is 0 Å². The second-order valence-electron chi connectivity index (χ2n) is 7.82. The Bertz CT molecular complexity index is 1220. The third kappa shape index (κ3) is 3.33. The van der Waals surface area contributed by atoms with E-state index in [2.05, 4.69) is 39.5 Å². The Labute approximate surface area is 173 Å². The summed E-state index contributed by atoms with van der Waals surface area (Å²) in [5.41, 5.74) is 3.56. The van der Waals surface area contributed by atoms with Gasteiger partial charge in [-0.15, -0.1) is 0 Å². The first-order valence-electron chi connectivity index (χ1n) is 10.2. The molecule has 5 rings (SSSR count). The maximum Gasteiger partial charge on any atom is 0.227 e. The lowest BCUT2D eigenvalue weighted by Gasteiger charge is -2.29. The number of rotatable bonds is 4. The molecule has 0 amide bonds. The van der Waals surface area contributed by atoms with E-state index in [1.165, 1.54) is 6.07 Å². The van der Waals surface area contributed by atoms with E-state index in [-0.39, 0.29) is 11.7 Å². The Kier molecular flexibility index (Phi) is 4.71. The number of nitrogens with one attached hydrogen (secondary N) is 2. The van der Waals surface area contributed by atoms with Gasteiger partial charge in [0.15, 0.2) is 5.58 Å². The van der Waals surface area contributed by atoms with E-state index in [9.17, 15) is 4.39 Å². The second-order valence-corrected chi connectivity index (χ2v) is 7.82. The Hall–Kier alpha value is -3.26. The van der Waals surface area contributed by atoms with Crippen LogP contribution in [0.15, 0.2) is 41.1 Å². The minimum atomic E-state index is -0.258. The minimum absolute atomic E-state index is 0.204. The molecule has 30 heavy (non-hydrogen) atoms. The Morgan fingerprint density at radius 2 is 2.00 bits per heavy atom. The zero-order valence-electron chi connectivity index (χ0n) is 16.9. The maximum atomic E-state index is 14.7. The summed E-state index contributed by atoms with van der Waals surface area (Å²) in [5.74, 6) is 0.348. The third-order valence-corrected chi connectivity index (χ3v) is 5.42. The summed E-state index contributed by atoms with van der Waals surface area (Å²) < 4.78 is 20.2. The molecule has 2 aromatic carbocycles. The van der Waals surface area contributed by atoms with Crippen LogP contribution in [0.5, 0.6) is 0 Å². The largest absolute Gasteiger partial charge is 0.367 e. The molecule has 0 bridgehead atoms. The van der Waals surface area contributed by atoms with Crippen molar-refractivity contribution >= 4 is 39.2 Å². The van der Waals surface area contributed by atoms with Crippen LogP contribution in [0.1, 0.15) is 25.5 Å². The lowest BCUT2D eigenvalue weighted by molar-refractivity contribution is 0.441. The summed E-state index contributed by atoms with van der Waals surface area (Å²) in [6.07, 6.45) is 1.76. The number of piperazine rings is 1. The summed E-state index contributed by atoms with van der Waals surface area (Å²) in [6.45, 7) is 7.45. The monoisotopic (exact) mass is 406 g/mol. The van der Waals surface area contributed by atoms with Gasteiger partial charge in [-0.3, -0.25) is 0 Å². The minimum Gasteiger partial charge on any atom is -0.367 e. The van der Waals surface area contributed by atoms with E-state index in [1.807, 2.05) is 18.2 Å². The summed E-state index contributed by atoms with van der Waals surface area (Å²) in [4.78, 5) is 11.1. The number of fused-ring (bicyclic) bond motifs is 3. The molecule has 0 spiro atoms. The predicted octanol–water partition coefficient (Wildman–Crippen LogP) is 4.19. The average Bonchev–Trinajstić information content (AvgIpc) is 3.20. The van der Waals surface area contributed by atoms with E-state index in [0.29, 0.717) is 22.9 Å². The smallest absolute Gasteiger partial charge is 0.227 e. The van der Waals surface area contributed by atoms with Crippen LogP contribution in [0.25, 0.3) is 21.9 Å². The third-order valence-electron chi connectivity index (χ3n) is 5.42. The van der Waals surface area contributed by atoms with Gasteiger partial charge in [-0.1, -0.05) is 19.0 Å². The maximum absolute atomic E-state index is 14.7. The van der Waals surface area contributed by atoms with Crippen LogP contribution < -0.4 is 15.5 Å². The number of hydrogen-bond acceptors (Lipinski definition) is 7. The topological polar surface area (TPSA) is 79.1 Å². The molecule has 0 radical (unpaired) electrons. The van der Waals surface area contributed by atoms with Gasteiger partial charge in [-0.05, 0) is 36.2 Å². The van der Waals surface area contributed by atoms with Crippen molar-refractivity contribution in [2.45, 2.75) is 19.8 Å². The molecule has 0 unspecified atom stereocenters. The van der Waals surface area contributed by atoms with E-state index in [0.717, 1.165) is 48.2 Å². The van der Waals surface area contributed by atoms with Crippen molar-refractivity contribution in [1.29, 1.82) is 0 Å². The first-order valence-corrected chi connectivity index (χ1v) is 10.2. The van der Waals surface area contributed by atoms with E-state index in [1.54, 1.807) is 12.3 Å². The predicted molar refractivity (Wildman–Crippen MR) is 116 cm³/mol. The molecule has 2 N–H and O–H groups in total. The standard InChI is InChI=1S/C22H23FN6O/c1-13(2)20-19-18(30-28-20)6-3-14-12-25-22(27-21(14)19)26-15-4-5-17(16(23)11-15)29-9-7-24-8-10-29/h3-6,11-13,24H,7-10H2,1-2H3,(H,25,26,27). The molecule has 2 aromatic heterocycles. The van der Waals surface area contributed by atoms with Crippen LogP contribution in [-0.4, -0.2) is 41.3 Å². The quantitative estimate of drug-likeness (QED) is 0.526. The van der Waals surface area contributed by atoms with Gasteiger partial charge in [-0.2, -0.15) is 0 Å². The van der Waals surface area contributed by atoms with Gasteiger partial charge >= 0.3 is 0 Å². The SMILES string of the molecule is CC(C)c1noc2ccc3cnc(Nc4ccc(N5CCNCC5)c(F)c4)nc3c12. The molecule has 0 aliphatic carbocycles. The van der Waals surface area contributed by atoms with Crippen LogP contribution in [0.3, 0.4) is 0 Å². The molecule has 7 nitrogen and oxygen atoms in total. The Morgan fingerprint density at radius 1 is 1.17 bits per heavy atom. The van der Waals surface area contributed by atoms with Crippen LogP contribution in [0.2, 0.25) is 0 Å². The molecule has 8 heteroatoms. The van der Waals surface area contributed by atoms with E-state index < -0.39 is 0 Å². The van der Waals surface area contributed by atoms with Crippen molar-refractivity contribution in [3.63, 3.8) is 0 Å². The molecule has 1 fully saturated rings. The van der Waals surface area contributed by atoms with Crippen molar-refractivity contribution in [3.8, 4) is 0 Å². The Balaban J connectivity index is 1.48. The fraction of sp³-hybridized carbons (Fsp3) is 0.318. The zero-order valence-corrected chi connectivity index (χ0v) is 16.9. The molecule has 1 saturated heterocycles. The highest BCUT2D eigenvalue weighted by atomic mass is 19.1. The summed E-state index contributed by atoms with van der Waals surface area (Å²) >= 11 is 0. The van der Waals surface area contributed by atoms with Gasteiger partial charge in [0, 0.05) is 43.4 Å². The first-order chi connectivity index (χ1) is 14.6. The fourth-order valence-electron chi connectivity index (χ4n) is 3.88. The second kappa shape index (κ2) is 7.53. The highest BCUT2D eigenvalue weighted by Gasteiger charge is 2.17. The molecular formula is C22H23FN6O. The lowest BCUT2D eigenvalue weighted by atomic mass is 10.0. The van der Waals surface area contributed by atoms with Gasteiger partial charge in [0.2, 0.25) is 5.95 Å². The molecule has 3 heterocycles. The first kappa shape index (κ1) is 18.7. The van der Waals surface area contributed by atoms with Crippen molar-refractivity contribution in [3.05, 3.63) is 48.0 Å². The highest BCUT2D eigenvalue weighted by molar-refractivity contribution is 6.04. The van der Waals surface area contributed by atoms with Crippen LogP contribution in [0.4, 0.5) is 21.7 Å². The molecule has 0 atom stereocenters. The number of halogens is 1. The molecule has 4 aromatic rings. The molecule has 1 aliphatic heterocycles. The normalized spacial score (nSPS) is 14.7. The highest BCUT2D eigenvalue weighted by Crippen LogP contribution is 2.31. The van der Waals surface area contributed by atoms with Gasteiger partial charge in [-0.25, -0.2) is 14.4 Å². The molecule has 0 saturated carbocycles. The Morgan fingerprint density at radius 3 is 2.77 bits per heavy atom. The number of benzene rings is 2. The lowest BCUT2D eigenvalue weighted by Crippen LogP contribution is -2.43. The van der Waals surface area contributed by atoms with Crippen molar-refractivity contribution < 1.29 is 8.91 Å². The number of hydrogen-bond donors (Lipinski definition) is 2. The van der Waals surface area contributed by atoms with Gasteiger partial charge in [0.05, 0.1) is 22.3 Å². The molecule has 1 aliphatic rings. The van der Waals surface area contributed by atoms with Gasteiger partial charge in [0.1, 0.15) is 5.82 Å². The van der Waals surface area contributed by atoms with Crippen molar-refractivity contribution in [2.24, 2.45) is 0 Å². The van der Waals surface area contributed by atoms with Gasteiger partial charge < -0.3 is 20.1 Å². The van der Waals surface area contributed by atoms with E-state index in [4.69, 9.17) is 9.51 Å². The summed E-state index contributed by atoms with van der Waals surface area (Å²) in [7, 11) is 0. The number of nitrogens with zero attached hydrogens (tertiary/aromatic N) is 4. The van der Waals surface area contributed by atoms with Crippen LogP contribution >= 0.6 is 0 Å². The molecular weight excluding hydrogens is 383 g/mol. The van der Waals surface area contributed by atoms with Crippen LogP contribution in [0, 0.1) is 5.82 Å². The number of aromatic nitrogens is 3. The van der Waals surface area contributed by atoms with Crippen molar-refractivity contribution in [2.75, 3.05) is 36.4 Å². The summed E-state index contributed by atoms with van der Waals surface area (Å²) in [6, 6.07) is 8.95. The summed E-state index contributed by atoms with van der Waals surface area (Å²) in [5, 5.41) is 12.4. The van der Waals surface area contributed by atoms with Crippen molar-refractivity contribution in [1.82, 2.24) is 20.4 Å². The number of anilines is 3. The fourth-order valence-corrected chi connectivity index (χ4v) is 3.88. The average molecular weight is 406 g/mol. The molecule has 154 valence electrons. The van der Waals surface area contributed by atoms with E-state index >= 15 is 0 Å².